The number of nitrogens with zero attached hydrogens (tertiary/aromatic N) is 2. The molecule has 1 saturated carbocycles. The van der Waals surface area contributed by atoms with Gasteiger partial charge in [-0.25, -0.2) is 0 Å². The molecule has 14 heteroatoms. The Morgan fingerprint density at radius 2 is 1.79 bits per heavy atom. The zero-order valence-corrected chi connectivity index (χ0v) is 21.9. The number of phenols is 1. The first kappa shape index (κ1) is 28.0. The topological polar surface area (TPSA) is 232 Å². The number of benzene rings is 1. The third-order valence-corrected chi connectivity index (χ3v) is 7.72. The van der Waals surface area contributed by atoms with E-state index < -0.39 is 69.7 Å². The largest absolute Gasteiger partial charge is 0.508 e. The number of phenolic OH excluding ortho intramolecular Hbond substituents is 1. The Balaban J connectivity index is 1.97. The summed E-state index contributed by atoms with van der Waals surface area (Å²) in [5.74, 6) is -2.85. The van der Waals surface area contributed by atoms with Gasteiger partial charge in [-0.15, -0.1) is 0 Å². The number of nitrogens with two attached hydrogens (primary N) is 2. The number of ketones is 2. The quantitative estimate of drug-likeness (QED) is 0.0878. The lowest BCUT2D eigenvalue weighted by Crippen LogP contribution is -2.65. The van der Waals surface area contributed by atoms with E-state index in [4.69, 9.17) is 11.6 Å². The van der Waals surface area contributed by atoms with Crippen LogP contribution in [0.4, 0.5) is 11.4 Å². The van der Waals surface area contributed by atoms with E-state index in [1.54, 1.807) is 19.0 Å². The Bertz CT molecular complexity index is 1370. The Labute approximate surface area is 223 Å². The van der Waals surface area contributed by atoms with E-state index in [1.165, 1.54) is 25.1 Å². The number of Topliss-reactive ketones (excluding diaryl/α,β-unsaturated/α-hetero) is 2. The summed E-state index contributed by atoms with van der Waals surface area (Å²) in [4.78, 5) is 54.5. The molecule has 0 spiro atoms. The van der Waals surface area contributed by atoms with Gasteiger partial charge in [0, 0.05) is 31.3 Å². The van der Waals surface area contributed by atoms with Crippen LogP contribution in [0.15, 0.2) is 23.0 Å². The number of nitrogens with one attached hydrogen (secondary N) is 2. The molecule has 0 unspecified atom stereocenters. The maximum atomic E-state index is 13.9. The van der Waals surface area contributed by atoms with Crippen molar-refractivity contribution in [2.24, 2.45) is 23.4 Å². The minimum atomic E-state index is -2.73. The van der Waals surface area contributed by atoms with Gasteiger partial charge < -0.3 is 36.4 Å². The number of carbonyl (C=O) groups excluding carboxylic acids is 4. The maximum absolute atomic E-state index is 13.9. The Kier molecular flexibility index (Phi) is 6.93. The molecule has 0 aliphatic heterocycles. The van der Waals surface area contributed by atoms with Crippen molar-refractivity contribution >= 4 is 40.5 Å². The molecule has 10 N–H and O–H groups in total. The summed E-state index contributed by atoms with van der Waals surface area (Å²) >= 11 is 0. The molecule has 39 heavy (non-hydrogen) atoms. The first-order chi connectivity index (χ1) is 18.2. The lowest BCUT2D eigenvalue weighted by molar-refractivity contribution is -0.153. The van der Waals surface area contributed by atoms with E-state index >= 15 is 0 Å². The zero-order valence-electron chi connectivity index (χ0n) is 21.9. The van der Waals surface area contributed by atoms with E-state index in [2.05, 4.69) is 10.7 Å². The molecule has 0 saturated heterocycles. The third-order valence-electron chi connectivity index (χ3n) is 7.72. The molecule has 0 bridgehead atoms. The average molecular weight is 545 g/mol. The van der Waals surface area contributed by atoms with Crippen molar-refractivity contribution in [1.82, 2.24) is 10.3 Å². The van der Waals surface area contributed by atoms with Gasteiger partial charge in [0.15, 0.2) is 11.4 Å². The van der Waals surface area contributed by atoms with Gasteiger partial charge in [0.1, 0.15) is 22.8 Å². The Morgan fingerprint density at radius 3 is 2.33 bits per heavy atom. The van der Waals surface area contributed by atoms with Gasteiger partial charge in [-0.2, -0.15) is 0 Å². The molecule has 1 fully saturated rings. The highest BCUT2D eigenvalue weighted by molar-refractivity contribution is 6.24. The van der Waals surface area contributed by atoms with E-state index in [-0.39, 0.29) is 36.2 Å². The number of rotatable bonds is 6. The molecule has 210 valence electrons. The zero-order chi connectivity index (χ0) is 29.1. The molecule has 0 aromatic heterocycles. The van der Waals surface area contributed by atoms with E-state index in [0.29, 0.717) is 11.3 Å². The molecule has 4 rings (SSSR count). The van der Waals surface area contributed by atoms with Crippen molar-refractivity contribution in [2.45, 2.75) is 24.5 Å². The Morgan fingerprint density at radius 1 is 1.15 bits per heavy atom. The number of aliphatic hydroxyl groups is 3. The van der Waals surface area contributed by atoms with Crippen LogP contribution in [0.3, 0.4) is 0 Å². The molecule has 4 atom stereocenters. The highest BCUT2D eigenvalue weighted by Crippen LogP contribution is 2.54. The number of aromatic hydroxyl groups is 1. The summed E-state index contributed by atoms with van der Waals surface area (Å²) in [7, 11) is 6.50. The van der Waals surface area contributed by atoms with E-state index in [0.717, 1.165) is 0 Å². The van der Waals surface area contributed by atoms with Crippen LogP contribution in [0, 0.1) is 11.8 Å². The summed E-state index contributed by atoms with van der Waals surface area (Å²) in [5.41, 5.74) is 4.45. The highest BCUT2D eigenvalue weighted by Gasteiger charge is 2.64. The van der Waals surface area contributed by atoms with Crippen molar-refractivity contribution in [2.75, 3.05) is 45.0 Å². The number of fused-ring (bicyclic) bond motifs is 3. The number of primary amides is 1. The lowest BCUT2D eigenvalue weighted by atomic mass is 9.57. The second-order valence-electron chi connectivity index (χ2n) is 10.4. The Hall–Kier alpha value is -3.98. The number of anilines is 2. The highest BCUT2D eigenvalue weighted by atomic mass is 16.3. The van der Waals surface area contributed by atoms with Crippen molar-refractivity contribution in [3.63, 3.8) is 0 Å². The first-order valence-corrected chi connectivity index (χ1v) is 12.1. The molecule has 0 heterocycles. The minimum Gasteiger partial charge on any atom is -0.508 e. The number of hydrogen-bond donors (Lipinski definition) is 8. The summed E-state index contributed by atoms with van der Waals surface area (Å²) in [5, 5.41) is 47.6. The molecule has 1 aromatic rings. The predicted molar refractivity (Wildman–Crippen MR) is 139 cm³/mol. The maximum Gasteiger partial charge on any atom is 0.255 e. The first-order valence-electron chi connectivity index (χ1n) is 12.1. The molecule has 3 aliphatic carbocycles. The van der Waals surface area contributed by atoms with Gasteiger partial charge in [0.2, 0.25) is 11.7 Å². The van der Waals surface area contributed by atoms with Crippen LogP contribution >= 0.6 is 0 Å². The minimum absolute atomic E-state index is 0.0277. The standard InChI is InChI=1S/C25H32N6O8/c1-30(2)13-7-12(29-14(32)8-28-27)19(33)16-10(13)5-9-6-11-18(31(3)4)21(35)17(24(26)38)23(37)25(11,39)22(36)15(9)20(16)34/h7,9,11,18,28,33-34,37,39H,5-6,8,27H2,1-4H3,(H2,26,38)(H,29,32)/t9-,11-,18-,25-/m0/s1. The molecule has 1 aromatic carbocycles. The summed E-state index contributed by atoms with van der Waals surface area (Å²) in [6, 6.07) is 0.348. The molecule has 3 aliphatic rings. The fourth-order valence-corrected chi connectivity index (χ4v) is 6.07. The van der Waals surface area contributed by atoms with Gasteiger partial charge >= 0.3 is 0 Å². The number of hydrazine groups is 1. The smallest absolute Gasteiger partial charge is 0.255 e. The summed E-state index contributed by atoms with van der Waals surface area (Å²) in [6.07, 6.45) is 0.0915. The normalized spacial score (nSPS) is 26.3. The molecular formula is C25H32N6O8. The number of hydrogen-bond acceptors (Lipinski definition) is 12. The number of amides is 2. The van der Waals surface area contributed by atoms with Gasteiger partial charge in [-0.05, 0) is 44.5 Å². The van der Waals surface area contributed by atoms with Crippen LogP contribution in [0.1, 0.15) is 17.5 Å². The third kappa shape index (κ3) is 4.03. The second-order valence-corrected chi connectivity index (χ2v) is 10.4. The molecule has 0 radical (unpaired) electrons. The van der Waals surface area contributed by atoms with Crippen molar-refractivity contribution < 1.29 is 39.6 Å². The number of likely N-dealkylation sites (N-methyl/N-ethyl adjacent to an activating group) is 1. The fourth-order valence-electron chi connectivity index (χ4n) is 6.07. The molecule has 14 nitrogen and oxygen atoms in total. The van der Waals surface area contributed by atoms with Crippen LogP contribution < -0.4 is 27.2 Å². The second kappa shape index (κ2) is 9.64. The van der Waals surface area contributed by atoms with Crippen LogP contribution in [0.2, 0.25) is 0 Å². The van der Waals surface area contributed by atoms with Crippen LogP contribution in [-0.4, -0.2) is 95.1 Å². The van der Waals surface area contributed by atoms with Gasteiger partial charge in [-0.1, -0.05) is 0 Å². The van der Waals surface area contributed by atoms with Crippen LogP contribution in [0.25, 0.3) is 5.76 Å². The lowest BCUT2D eigenvalue weighted by Gasteiger charge is -2.50. The number of carbonyl (C=O) groups is 4. The van der Waals surface area contributed by atoms with Crippen LogP contribution in [-0.2, 0) is 25.6 Å². The molecule has 2 amide bonds. The van der Waals surface area contributed by atoms with Crippen molar-refractivity contribution in [3.05, 3.63) is 34.1 Å². The fraction of sp³-hybridized carbons (Fsp3) is 0.440. The predicted octanol–water partition coefficient (Wildman–Crippen LogP) is -1.57. The van der Waals surface area contributed by atoms with Crippen LogP contribution in [0.5, 0.6) is 5.75 Å². The van der Waals surface area contributed by atoms with Gasteiger partial charge in [-0.3, -0.25) is 35.3 Å². The number of aliphatic hydroxyl groups excluding tert-OH is 2. The molecular weight excluding hydrogens is 512 g/mol. The van der Waals surface area contributed by atoms with Gasteiger partial charge in [0.25, 0.3) is 5.91 Å². The average Bonchev–Trinajstić information content (AvgIpc) is 2.82. The summed E-state index contributed by atoms with van der Waals surface area (Å²) < 4.78 is 0. The summed E-state index contributed by atoms with van der Waals surface area (Å²) in [6.45, 7) is -0.268. The van der Waals surface area contributed by atoms with Gasteiger partial charge in [0.05, 0.1) is 23.8 Å². The monoisotopic (exact) mass is 544 g/mol. The van der Waals surface area contributed by atoms with Crippen molar-refractivity contribution in [3.8, 4) is 5.75 Å². The van der Waals surface area contributed by atoms with E-state index in [1.807, 2.05) is 0 Å². The van der Waals surface area contributed by atoms with Crippen molar-refractivity contribution in [1.29, 1.82) is 0 Å². The van der Waals surface area contributed by atoms with E-state index in [9.17, 15) is 39.6 Å². The SMILES string of the molecule is CN(C)c1cc(NC(=O)CNN)c(O)c2c1C[C@H]1C[C@H]3[C@H](N(C)C)C(=O)C(C(N)=O)=C(O)[C@@]3(O)C(=O)C1=C2O.